The van der Waals surface area contributed by atoms with E-state index in [2.05, 4.69) is 143 Å². The monoisotopic (exact) mass is 582 g/mol. The second kappa shape index (κ2) is 9.73. The van der Waals surface area contributed by atoms with E-state index in [1.807, 2.05) is 12.1 Å². The summed E-state index contributed by atoms with van der Waals surface area (Å²) >= 11 is 1.72. The number of thiophene rings is 1. The Morgan fingerprint density at radius 3 is 2.11 bits per heavy atom. The average Bonchev–Trinajstić information content (AvgIpc) is 3.64. The van der Waals surface area contributed by atoms with Crippen molar-refractivity contribution in [2.45, 2.75) is 0 Å². The Morgan fingerprint density at radius 1 is 0.568 bits per heavy atom. The van der Waals surface area contributed by atoms with Crippen LogP contribution < -0.4 is 5.32 Å². The summed E-state index contributed by atoms with van der Waals surface area (Å²) in [4.78, 5) is 0. The van der Waals surface area contributed by atoms with Crippen LogP contribution in [0, 0.1) is 0 Å². The first-order chi connectivity index (χ1) is 21.7. The van der Waals surface area contributed by atoms with Gasteiger partial charge >= 0.3 is 0 Å². The molecule has 0 fully saturated rings. The molecule has 7 aromatic carbocycles. The summed E-state index contributed by atoms with van der Waals surface area (Å²) < 4.78 is 4.60. The highest BCUT2D eigenvalue weighted by Crippen LogP contribution is 2.48. The van der Waals surface area contributed by atoms with E-state index < -0.39 is 0 Å². The molecule has 0 atom stereocenters. The molecular weight excluding hydrogens is 557 g/mol. The van der Waals surface area contributed by atoms with Crippen LogP contribution in [0.5, 0.6) is 5.75 Å². The molecule has 208 valence electrons. The minimum Gasteiger partial charge on any atom is -0.505 e. The fourth-order valence-electron chi connectivity index (χ4n) is 6.68. The third-order valence-corrected chi connectivity index (χ3v) is 9.88. The van der Waals surface area contributed by atoms with Gasteiger partial charge < -0.3 is 15.0 Å². The van der Waals surface area contributed by atoms with E-state index in [0.717, 1.165) is 42.7 Å². The molecule has 2 heterocycles. The number of fused-ring (bicyclic) bond motifs is 8. The number of benzene rings is 7. The minimum atomic E-state index is 0.274. The van der Waals surface area contributed by atoms with Gasteiger partial charge in [-0.05, 0) is 64.9 Å². The first kappa shape index (κ1) is 25.0. The molecule has 0 spiro atoms. The second-order valence-electron chi connectivity index (χ2n) is 11.2. The van der Waals surface area contributed by atoms with Crippen molar-refractivity contribution in [1.82, 2.24) is 4.57 Å². The third-order valence-electron chi connectivity index (χ3n) is 8.67. The number of rotatable bonds is 4. The van der Waals surface area contributed by atoms with Gasteiger partial charge in [-0.3, -0.25) is 0 Å². The summed E-state index contributed by atoms with van der Waals surface area (Å²) in [6, 6.07) is 50.9. The maximum Gasteiger partial charge on any atom is 0.148 e. The van der Waals surface area contributed by atoms with Crippen LogP contribution in [-0.4, -0.2) is 9.67 Å². The molecule has 2 N–H and O–H groups in total. The van der Waals surface area contributed by atoms with E-state index in [1.165, 1.54) is 32.6 Å². The van der Waals surface area contributed by atoms with Gasteiger partial charge in [0.25, 0.3) is 0 Å². The topological polar surface area (TPSA) is 37.2 Å². The van der Waals surface area contributed by atoms with Gasteiger partial charge in [0.15, 0.2) is 0 Å². The van der Waals surface area contributed by atoms with Crippen LogP contribution in [0.1, 0.15) is 0 Å². The number of phenolic OH excluding ortho intramolecular Hbond substituents is 1. The van der Waals surface area contributed by atoms with Crippen LogP contribution in [0.4, 0.5) is 11.4 Å². The Hall–Kier alpha value is -5.58. The van der Waals surface area contributed by atoms with Crippen molar-refractivity contribution in [3.8, 4) is 22.6 Å². The molecule has 3 nitrogen and oxygen atoms in total. The molecule has 0 aliphatic rings. The first-order valence-corrected chi connectivity index (χ1v) is 15.6. The van der Waals surface area contributed by atoms with Crippen LogP contribution >= 0.6 is 11.3 Å². The van der Waals surface area contributed by atoms with Crippen LogP contribution in [0.15, 0.2) is 146 Å². The quantitative estimate of drug-likeness (QED) is 0.203. The molecule has 9 aromatic rings. The molecule has 0 bridgehead atoms. The zero-order valence-corrected chi connectivity index (χ0v) is 24.5. The molecule has 0 saturated heterocycles. The molecule has 9 rings (SSSR count). The van der Waals surface area contributed by atoms with Gasteiger partial charge in [0, 0.05) is 47.9 Å². The van der Waals surface area contributed by atoms with Gasteiger partial charge in [0.05, 0.1) is 16.7 Å². The third kappa shape index (κ3) is 3.75. The van der Waals surface area contributed by atoms with Gasteiger partial charge in [0.1, 0.15) is 5.75 Å². The predicted octanol–water partition coefficient (Wildman–Crippen LogP) is 11.4. The number of anilines is 2. The molecule has 0 aliphatic carbocycles. The SMILES string of the molecule is Oc1c(Nc2ccc(-n3c4ccccc4c4c5ccccc5ccc43)cc2)cc(-c2ccccc2)c2sc3ccccc3c12. The standard InChI is InChI=1S/C40H26N2OS/c43-39-33(24-32(25-10-2-1-3-11-25)40-38(39)31-15-7-9-17-36(31)44-40)41-27-19-21-28(22-20-27)42-34-16-8-6-14-30(34)37-29-13-5-4-12-26(29)18-23-35(37)42/h1-24,41,43H. The van der Waals surface area contributed by atoms with E-state index in [4.69, 9.17) is 0 Å². The van der Waals surface area contributed by atoms with E-state index in [1.54, 1.807) is 11.3 Å². The smallest absolute Gasteiger partial charge is 0.148 e. The van der Waals surface area contributed by atoms with Gasteiger partial charge in [-0.15, -0.1) is 11.3 Å². The lowest BCUT2D eigenvalue weighted by Crippen LogP contribution is -1.96. The minimum absolute atomic E-state index is 0.274. The van der Waals surface area contributed by atoms with Gasteiger partial charge in [-0.25, -0.2) is 0 Å². The fourth-order valence-corrected chi connectivity index (χ4v) is 7.92. The number of nitrogens with one attached hydrogen (secondary N) is 1. The Kier molecular flexibility index (Phi) is 5.52. The summed E-state index contributed by atoms with van der Waals surface area (Å²) in [5.41, 5.74) is 7.29. The Bertz CT molecular complexity index is 2520. The molecule has 2 aromatic heterocycles. The predicted molar refractivity (Wildman–Crippen MR) is 188 cm³/mol. The van der Waals surface area contributed by atoms with Crippen LogP contribution in [0.3, 0.4) is 0 Å². The molecule has 0 amide bonds. The summed E-state index contributed by atoms with van der Waals surface area (Å²) in [6.07, 6.45) is 0. The normalized spacial score (nSPS) is 11.7. The molecule has 0 radical (unpaired) electrons. The molecule has 0 aliphatic heterocycles. The number of phenols is 1. The highest BCUT2D eigenvalue weighted by molar-refractivity contribution is 7.26. The highest BCUT2D eigenvalue weighted by atomic mass is 32.1. The maximum absolute atomic E-state index is 11.6. The lowest BCUT2D eigenvalue weighted by Gasteiger charge is -2.14. The molecule has 44 heavy (non-hydrogen) atoms. The summed E-state index contributed by atoms with van der Waals surface area (Å²) in [5.74, 6) is 0.274. The molecular formula is C40H26N2OS. The number of aromatic nitrogens is 1. The number of para-hydroxylation sites is 1. The van der Waals surface area contributed by atoms with Crippen molar-refractivity contribution in [3.63, 3.8) is 0 Å². The van der Waals surface area contributed by atoms with Crippen molar-refractivity contribution >= 4 is 75.5 Å². The summed E-state index contributed by atoms with van der Waals surface area (Å²) in [7, 11) is 0. The Balaban J connectivity index is 1.18. The number of hydrogen-bond acceptors (Lipinski definition) is 3. The number of hydrogen-bond donors (Lipinski definition) is 2. The summed E-state index contributed by atoms with van der Waals surface area (Å²) in [5, 5.41) is 22.2. The number of nitrogens with zero attached hydrogens (tertiary/aromatic N) is 1. The van der Waals surface area contributed by atoms with Crippen molar-refractivity contribution < 1.29 is 5.11 Å². The van der Waals surface area contributed by atoms with Crippen LogP contribution in [-0.2, 0) is 0 Å². The lowest BCUT2D eigenvalue weighted by molar-refractivity contribution is 0.484. The van der Waals surface area contributed by atoms with Crippen molar-refractivity contribution in [2.24, 2.45) is 0 Å². The van der Waals surface area contributed by atoms with E-state index in [9.17, 15) is 5.11 Å². The van der Waals surface area contributed by atoms with E-state index in [0.29, 0.717) is 5.69 Å². The van der Waals surface area contributed by atoms with Gasteiger partial charge in [-0.1, -0.05) is 97.1 Å². The molecule has 0 saturated carbocycles. The van der Waals surface area contributed by atoms with Crippen LogP contribution in [0.25, 0.3) is 69.6 Å². The largest absolute Gasteiger partial charge is 0.505 e. The number of aromatic hydroxyl groups is 1. The van der Waals surface area contributed by atoms with Gasteiger partial charge in [-0.2, -0.15) is 0 Å². The van der Waals surface area contributed by atoms with Crippen molar-refractivity contribution in [2.75, 3.05) is 5.32 Å². The van der Waals surface area contributed by atoms with Gasteiger partial charge in [0.2, 0.25) is 0 Å². The second-order valence-corrected chi connectivity index (χ2v) is 12.2. The zero-order valence-electron chi connectivity index (χ0n) is 23.7. The summed E-state index contributed by atoms with van der Waals surface area (Å²) in [6.45, 7) is 0. The Morgan fingerprint density at radius 2 is 1.27 bits per heavy atom. The van der Waals surface area contributed by atoms with Crippen molar-refractivity contribution in [3.05, 3.63) is 146 Å². The Labute approximate surface area is 257 Å². The van der Waals surface area contributed by atoms with E-state index in [-0.39, 0.29) is 5.75 Å². The maximum atomic E-state index is 11.6. The first-order valence-electron chi connectivity index (χ1n) is 14.8. The zero-order chi connectivity index (χ0) is 29.2. The van der Waals surface area contributed by atoms with E-state index >= 15 is 0 Å². The molecule has 4 heteroatoms. The highest BCUT2D eigenvalue weighted by Gasteiger charge is 2.19. The lowest BCUT2D eigenvalue weighted by atomic mass is 10.0. The van der Waals surface area contributed by atoms with Crippen LogP contribution in [0.2, 0.25) is 0 Å². The molecule has 0 unspecified atom stereocenters. The van der Waals surface area contributed by atoms with Crippen molar-refractivity contribution in [1.29, 1.82) is 0 Å². The average molecular weight is 583 g/mol. The fraction of sp³-hybridized carbons (Fsp3) is 0.